The maximum atomic E-state index is 11.7. The molecule has 0 aliphatic heterocycles. The number of aromatic nitrogens is 2. The minimum atomic E-state index is -0.217. The number of hydrogen-bond acceptors (Lipinski definition) is 5. The second-order valence-electron chi connectivity index (χ2n) is 3.75. The highest BCUT2D eigenvalue weighted by Crippen LogP contribution is 2.01. The number of anilines is 1. The Balaban J connectivity index is 2.36. The van der Waals surface area contributed by atoms with Crippen molar-refractivity contribution < 1.29 is 4.79 Å². The van der Waals surface area contributed by atoms with Crippen LogP contribution in [0, 0.1) is 0 Å². The molecule has 4 N–H and O–H groups in total. The summed E-state index contributed by atoms with van der Waals surface area (Å²) < 4.78 is 0. The first-order valence-electron chi connectivity index (χ1n) is 5.84. The van der Waals surface area contributed by atoms with Crippen molar-refractivity contribution in [2.75, 3.05) is 12.0 Å². The van der Waals surface area contributed by atoms with Gasteiger partial charge < -0.3 is 10.7 Å². The third-order valence-electron chi connectivity index (χ3n) is 2.33. The average molecular weight is 237 g/mol. The zero-order valence-electron chi connectivity index (χ0n) is 10.1. The Kier molecular flexibility index (Phi) is 5.95. The largest absolute Gasteiger partial charge is 0.351 e. The van der Waals surface area contributed by atoms with E-state index < -0.39 is 0 Å². The molecule has 94 valence electrons. The number of hydrazine groups is 1. The molecule has 1 aromatic heterocycles. The van der Waals surface area contributed by atoms with Gasteiger partial charge in [-0.15, -0.1) is 0 Å². The van der Waals surface area contributed by atoms with E-state index in [0.717, 1.165) is 12.8 Å². The third kappa shape index (κ3) is 4.78. The SMILES string of the molecule is CCCCCCNC(=O)c1cncc(NN)n1. The predicted molar refractivity (Wildman–Crippen MR) is 66.3 cm³/mol. The summed E-state index contributed by atoms with van der Waals surface area (Å²) >= 11 is 0. The highest BCUT2D eigenvalue weighted by Gasteiger charge is 2.07. The van der Waals surface area contributed by atoms with Crippen molar-refractivity contribution in [2.24, 2.45) is 5.84 Å². The Hall–Kier alpha value is -1.69. The van der Waals surface area contributed by atoms with Gasteiger partial charge in [0.2, 0.25) is 0 Å². The van der Waals surface area contributed by atoms with Crippen molar-refractivity contribution in [2.45, 2.75) is 32.6 Å². The summed E-state index contributed by atoms with van der Waals surface area (Å²) in [6.07, 6.45) is 7.38. The van der Waals surface area contributed by atoms with Gasteiger partial charge in [-0.1, -0.05) is 26.2 Å². The fraction of sp³-hybridized carbons (Fsp3) is 0.545. The van der Waals surface area contributed by atoms with E-state index in [0.29, 0.717) is 12.4 Å². The fourth-order valence-corrected chi connectivity index (χ4v) is 1.39. The molecule has 0 saturated carbocycles. The highest BCUT2D eigenvalue weighted by molar-refractivity contribution is 5.92. The first-order valence-corrected chi connectivity index (χ1v) is 5.84. The van der Waals surface area contributed by atoms with E-state index in [1.54, 1.807) is 0 Å². The van der Waals surface area contributed by atoms with E-state index in [1.165, 1.54) is 25.2 Å². The Bertz CT molecular complexity index is 355. The van der Waals surface area contributed by atoms with E-state index in [4.69, 9.17) is 5.84 Å². The van der Waals surface area contributed by atoms with Crippen LogP contribution in [0.25, 0.3) is 0 Å². The standard InChI is InChI=1S/C11H19N5O/c1-2-3-4-5-6-14-11(17)9-7-13-8-10(15-9)16-12/h7-8H,2-6,12H2,1H3,(H,14,17)(H,15,16). The van der Waals surface area contributed by atoms with Gasteiger partial charge in [0.25, 0.3) is 5.91 Å². The first kappa shape index (κ1) is 13.4. The lowest BCUT2D eigenvalue weighted by Crippen LogP contribution is -2.26. The van der Waals surface area contributed by atoms with Gasteiger partial charge in [-0.05, 0) is 6.42 Å². The molecule has 6 heteroatoms. The smallest absolute Gasteiger partial charge is 0.271 e. The van der Waals surface area contributed by atoms with Crippen molar-refractivity contribution in [3.8, 4) is 0 Å². The summed E-state index contributed by atoms with van der Waals surface area (Å²) in [6, 6.07) is 0. The summed E-state index contributed by atoms with van der Waals surface area (Å²) in [5.74, 6) is 5.35. The molecule has 1 rings (SSSR count). The molecule has 0 saturated heterocycles. The van der Waals surface area contributed by atoms with Crippen molar-refractivity contribution in [1.82, 2.24) is 15.3 Å². The number of unbranched alkanes of at least 4 members (excludes halogenated alkanes) is 3. The Morgan fingerprint density at radius 2 is 2.18 bits per heavy atom. The Labute approximate surface area is 101 Å². The summed E-state index contributed by atoms with van der Waals surface area (Å²) in [7, 11) is 0. The predicted octanol–water partition coefficient (Wildman–Crippen LogP) is 1.07. The van der Waals surface area contributed by atoms with Gasteiger partial charge in [0.05, 0.1) is 12.4 Å². The molecule has 0 aliphatic carbocycles. The van der Waals surface area contributed by atoms with Crippen molar-refractivity contribution >= 4 is 11.7 Å². The molecule has 0 fully saturated rings. The molecule has 0 atom stereocenters. The minimum absolute atomic E-state index is 0.217. The summed E-state index contributed by atoms with van der Waals surface area (Å²) in [4.78, 5) is 19.5. The number of rotatable bonds is 7. The quantitative estimate of drug-likeness (QED) is 0.375. The number of carbonyl (C=O) groups excluding carboxylic acids is 1. The average Bonchev–Trinajstić information content (AvgIpc) is 2.38. The van der Waals surface area contributed by atoms with E-state index in [2.05, 4.69) is 27.6 Å². The van der Waals surface area contributed by atoms with Gasteiger partial charge >= 0.3 is 0 Å². The third-order valence-corrected chi connectivity index (χ3v) is 2.33. The molecule has 6 nitrogen and oxygen atoms in total. The maximum absolute atomic E-state index is 11.7. The molecule has 0 spiro atoms. The zero-order chi connectivity index (χ0) is 12.5. The van der Waals surface area contributed by atoms with Crippen LogP contribution in [0.4, 0.5) is 5.82 Å². The normalized spacial score (nSPS) is 10.0. The lowest BCUT2D eigenvalue weighted by Gasteiger charge is -2.05. The first-order chi connectivity index (χ1) is 8.27. The van der Waals surface area contributed by atoms with Crippen LogP contribution in [0.3, 0.4) is 0 Å². The molecule has 0 radical (unpaired) electrons. The second-order valence-corrected chi connectivity index (χ2v) is 3.75. The number of nitrogens with zero attached hydrogens (tertiary/aromatic N) is 2. The molecule has 1 amide bonds. The Morgan fingerprint density at radius 3 is 2.88 bits per heavy atom. The molecule has 1 aromatic rings. The van der Waals surface area contributed by atoms with E-state index in [-0.39, 0.29) is 11.6 Å². The highest BCUT2D eigenvalue weighted by atomic mass is 16.1. The van der Waals surface area contributed by atoms with Gasteiger partial charge in [0.1, 0.15) is 5.69 Å². The molecular weight excluding hydrogens is 218 g/mol. The van der Waals surface area contributed by atoms with E-state index in [9.17, 15) is 4.79 Å². The lowest BCUT2D eigenvalue weighted by molar-refractivity contribution is 0.0947. The number of nitrogens with two attached hydrogens (primary N) is 1. The lowest BCUT2D eigenvalue weighted by atomic mass is 10.2. The van der Waals surface area contributed by atoms with Crippen LogP contribution < -0.4 is 16.6 Å². The van der Waals surface area contributed by atoms with Gasteiger partial charge in [0, 0.05) is 6.54 Å². The van der Waals surface area contributed by atoms with Crippen LogP contribution in [0.5, 0.6) is 0 Å². The van der Waals surface area contributed by atoms with Gasteiger partial charge in [0.15, 0.2) is 5.82 Å². The van der Waals surface area contributed by atoms with Crippen LogP contribution in [0.15, 0.2) is 12.4 Å². The van der Waals surface area contributed by atoms with E-state index in [1.807, 2.05) is 0 Å². The molecular formula is C11H19N5O. The summed E-state index contributed by atoms with van der Waals surface area (Å²) in [6.45, 7) is 2.82. The summed E-state index contributed by atoms with van der Waals surface area (Å²) in [5.41, 5.74) is 2.63. The number of nitrogen functional groups attached to an aromatic ring is 1. The minimum Gasteiger partial charge on any atom is -0.351 e. The van der Waals surface area contributed by atoms with Crippen molar-refractivity contribution in [3.05, 3.63) is 18.1 Å². The molecule has 0 bridgehead atoms. The van der Waals surface area contributed by atoms with Gasteiger partial charge in [-0.3, -0.25) is 9.78 Å². The van der Waals surface area contributed by atoms with Crippen LogP contribution in [-0.2, 0) is 0 Å². The maximum Gasteiger partial charge on any atom is 0.271 e. The van der Waals surface area contributed by atoms with Crippen LogP contribution in [0.2, 0.25) is 0 Å². The molecule has 0 unspecified atom stereocenters. The summed E-state index contributed by atoms with van der Waals surface area (Å²) in [5, 5.41) is 2.80. The van der Waals surface area contributed by atoms with Crippen molar-refractivity contribution in [1.29, 1.82) is 0 Å². The van der Waals surface area contributed by atoms with Crippen LogP contribution in [-0.4, -0.2) is 22.4 Å². The monoisotopic (exact) mass is 237 g/mol. The van der Waals surface area contributed by atoms with Crippen LogP contribution >= 0.6 is 0 Å². The number of carbonyl (C=O) groups is 1. The topological polar surface area (TPSA) is 92.9 Å². The van der Waals surface area contributed by atoms with Crippen LogP contribution in [0.1, 0.15) is 43.1 Å². The van der Waals surface area contributed by atoms with Gasteiger partial charge in [-0.2, -0.15) is 0 Å². The molecule has 1 heterocycles. The molecule has 17 heavy (non-hydrogen) atoms. The molecule has 0 aromatic carbocycles. The van der Waals surface area contributed by atoms with Crippen molar-refractivity contribution in [3.63, 3.8) is 0 Å². The number of nitrogens with one attached hydrogen (secondary N) is 2. The molecule has 0 aliphatic rings. The second kappa shape index (κ2) is 7.56. The van der Waals surface area contributed by atoms with Gasteiger partial charge in [-0.25, -0.2) is 10.8 Å². The fourth-order valence-electron chi connectivity index (χ4n) is 1.39. The number of hydrogen-bond donors (Lipinski definition) is 3. The zero-order valence-corrected chi connectivity index (χ0v) is 10.1. The van der Waals surface area contributed by atoms with E-state index >= 15 is 0 Å². The Morgan fingerprint density at radius 1 is 1.35 bits per heavy atom. The number of amides is 1.